The van der Waals surface area contributed by atoms with E-state index in [-0.39, 0.29) is 35.0 Å². The largest absolute Gasteiger partial charge is 0.453 e. The van der Waals surface area contributed by atoms with Gasteiger partial charge in [-0.1, -0.05) is 25.0 Å². The van der Waals surface area contributed by atoms with Crippen LogP contribution < -0.4 is 5.56 Å². The Morgan fingerprint density at radius 1 is 1.18 bits per heavy atom. The van der Waals surface area contributed by atoms with E-state index >= 15 is 0 Å². The maximum absolute atomic E-state index is 12.5. The average molecular weight is 383 g/mol. The molecule has 1 aromatic carbocycles. The molecule has 2 amide bonds. The molecule has 28 heavy (non-hydrogen) atoms. The fourth-order valence-corrected chi connectivity index (χ4v) is 4.10. The van der Waals surface area contributed by atoms with Crippen LogP contribution in [0.25, 0.3) is 10.9 Å². The summed E-state index contributed by atoms with van der Waals surface area (Å²) in [7, 11) is 0. The Morgan fingerprint density at radius 2 is 1.82 bits per heavy atom. The van der Waals surface area contributed by atoms with E-state index in [0.29, 0.717) is 23.7 Å². The molecule has 2 aliphatic rings. The number of H-pyrrole nitrogens is 1. The number of imide groups is 1. The summed E-state index contributed by atoms with van der Waals surface area (Å²) in [6.07, 6.45) is 2.42. The highest BCUT2D eigenvalue weighted by molar-refractivity contribution is 6.07. The molecule has 4 rings (SSSR count). The highest BCUT2D eigenvalue weighted by Crippen LogP contribution is 2.37. The number of carbonyl (C=O) groups excluding carboxylic acids is 3. The van der Waals surface area contributed by atoms with Gasteiger partial charge in [-0.05, 0) is 31.9 Å². The van der Waals surface area contributed by atoms with Crippen LogP contribution >= 0.6 is 0 Å². The van der Waals surface area contributed by atoms with Crippen LogP contribution in [-0.4, -0.2) is 39.2 Å². The zero-order valence-electron chi connectivity index (χ0n) is 15.5. The standard InChI is InChI=1S/C20H21N3O5/c1-11(17-21-15-9-5-4-8-14(15)18(25)22-17)28-16(24)10-23-19(26)12-6-2-3-7-13(12)20(23)27/h4-5,8-9,11-13H,2-3,6-7,10H2,1H3,(H,21,22,25)/t11-,12+,13+/m1/s1. The van der Waals surface area contributed by atoms with Gasteiger partial charge in [0.15, 0.2) is 11.9 Å². The molecule has 2 aromatic rings. The van der Waals surface area contributed by atoms with Gasteiger partial charge in [0.1, 0.15) is 6.54 Å². The first-order valence-electron chi connectivity index (χ1n) is 9.49. The third-order valence-electron chi connectivity index (χ3n) is 5.54. The Labute approximate surface area is 160 Å². The SMILES string of the molecule is C[C@@H](OC(=O)CN1C(=O)[C@H]2CCCC[C@@H]2C1=O)c1nc2ccccc2c(=O)[nH]1. The van der Waals surface area contributed by atoms with Crippen molar-refractivity contribution in [2.75, 3.05) is 6.54 Å². The smallest absolute Gasteiger partial charge is 0.326 e. The summed E-state index contributed by atoms with van der Waals surface area (Å²) in [4.78, 5) is 57.4. The van der Waals surface area contributed by atoms with Crippen LogP contribution in [0.1, 0.15) is 44.5 Å². The van der Waals surface area contributed by atoms with Crippen LogP contribution in [0.3, 0.4) is 0 Å². The van der Waals surface area contributed by atoms with E-state index in [4.69, 9.17) is 4.74 Å². The van der Waals surface area contributed by atoms with Gasteiger partial charge in [-0.25, -0.2) is 4.98 Å². The van der Waals surface area contributed by atoms with Crippen LogP contribution in [0.5, 0.6) is 0 Å². The van der Waals surface area contributed by atoms with Crippen molar-refractivity contribution in [1.82, 2.24) is 14.9 Å². The molecule has 8 heteroatoms. The maximum Gasteiger partial charge on any atom is 0.326 e. The number of aromatic amines is 1. The van der Waals surface area contributed by atoms with E-state index < -0.39 is 18.6 Å². The summed E-state index contributed by atoms with van der Waals surface area (Å²) in [5, 5.41) is 0.445. The van der Waals surface area contributed by atoms with Crippen molar-refractivity contribution in [3.8, 4) is 0 Å². The van der Waals surface area contributed by atoms with E-state index in [9.17, 15) is 19.2 Å². The molecule has 0 radical (unpaired) electrons. The van der Waals surface area contributed by atoms with E-state index in [0.717, 1.165) is 17.7 Å². The normalized spacial score (nSPS) is 23.0. The summed E-state index contributed by atoms with van der Waals surface area (Å²) in [5.74, 6) is -1.66. The van der Waals surface area contributed by atoms with Gasteiger partial charge in [-0.2, -0.15) is 0 Å². The highest BCUT2D eigenvalue weighted by atomic mass is 16.5. The topological polar surface area (TPSA) is 109 Å². The highest BCUT2D eigenvalue weighted by Gasteiger charge is 2.48. The fourth-order valence-electron chi connectivity index (χ4n) is 4.10. The van der Waals surface area contributed by atoms with Gasteiger partial charge in [-0.3, -0.25) is 24.1 Å². The van der Waals surface area contributed by atoms with E-state index in [1.165, 1.54) is 0 Å². The van der Waals surface area contributed by atoms with E-state index in [2.05, 4.69) is 9.97 Å². The molecule has 0 bridgehead atoms. The van der Waals surface area contributed by atoms with Gasteiger partial charge < -0.3 is 9.72 Å². The Balaban J connectivity index is 1.46. The summed E-state index contributed by atoms with van der Waals surface area (Å²) in [6, 6.07) is 6.86. The van der Waals surface area contributed by atoms with Crippen molar-refractivity contribution < 1.29 is 19.1 Å². The maximum atomic E-state index is 12.5. The fraction of sp³-hybridized carbons (Fsp3) is 0.450. The molecule has 3 atom stereocenters. The van der Waals surface area contributed by atoms with Gasteiger partial charge in [-0.15, -0.1) is 0 Å². The monoisotopic (exact) mass is 383 g/mol. The second-order valence-electron chi connectivity index (χ2n) is 7.36. The summed E-state index contributed by atoms with van der Waals surface area (Å²) >= 11 is 0. The van der Waals surface area contributed by atoms with Crippen molar-refractivity contribution in [2.24, 2.45) is 11.8 Å². The number of para-hydroxylation sites is 1. The van der Waals surface area contributed by atoms with Gasteiger partial charge in [0, 0.05) is 0 Å². The predicted octanol–water partition coefficient (Wildman–Crippen LogP) is 1.70. The van der Waals surface area contributed by atoms with Gasteiger partial charge >= 0.3 is 5.97 Å². The average Bonchev–Trinajstić information content (AvgIpc) is 2.93. The molecule has 0 spiro atoms. The van der Waals surface area contributed by atoms with Gasteiger partial charge in [0.05, 0.1) is 22.7 Å². The number of hydrogen-bond acceptors (Lipinski definition) is 6. The van der Waals surface area contributed by atoms with E-state index in [1.807, 2.05) is 0 Å². The first kappa shape index (κ1) is 18.3. The molecule has 1 aliphatic heterocycles. The lowest BCUT2D eigenvalue weighted by Gasteiger charge is -2.19. The Bertz CT molecular complexity index is 990. The van der Waals surface area contributed by atoms with Crippen LogP contribution in [0.2, 0.25) is 0 Å². The molecule has 8 nitrogen and oxygen atoms in total. The summed E-state index contributed by atoms with van der Waals surface area (Å²) in [5.41, 5.74) is 0.176. The number of carbonyl (C=O) groups is 3. The van der Waals surface area contributed by atoms with Crippen molar-refractivity contribution in [1.29, 1.82) is 0 Å². The Morgan fingerprint density at radius 3 is 2.50 bits per heavy atom. The minimum atomic E-state index is -0.820. The minimum Gasteiger partial charge on any atom is -0.453 e. The lowest BCUT2D eigenvalue weighted by molar-refractivity contribution is -0.156. The van der Waals surface area contributed by atoms with Crippen LogP contribution in [0.15, 0.2) is 29.1 Å². The van der Waals surface area contributed by atoms with E-state index in [1.54, 1.807) is 31.2 Å². The van der Waals surface area contributed by atoms with Crippen LogP contribution in [0, 0.1) is 11.8 Å². The zero-order valence-corrected chi connectivity index (χ0v) is 15.5. The molecule has 2 heterocycles. The molecule has 1 saturated carbocycles. The molecule has 1 N–H and O–H groups in total. The van der Waals surface area contributed by atoms with Crippen molar-refractivity contribution >= 4 is 28.7 Å². The first-order valence-corrected chi connectivity index (χ1v) is 9.49. The number of hydrogen-bond donors (Lipinski definition) is 1. The number of esters is 1. The lowest BCUT2D eigenvalue weighted by Crippen LogP contribution is -2.37. The second-order valence-corrected chi connectivity index (χ2v) is 7.36. The number of nitrogens with one attached hydrogen (secondary N) is 1. The quantitative estimate of drug-likeness (QED) is 0.636. The molecule has 1 aromatic heterocycles. The summed E-state index contributed by atoms with van der Waals surface area (Å²) in [6.45, 7) is 1.17. The third kappa shape index (κ3) is 3.19. The third-order valence-corrected chi connectivity index (χ3v) is 5.54. The van der Waals surface area contributed by atoms with Gasteiger partial charge in [0.25, 0.3) is 5.56 Å². The number of amides is 2. The molecule has 2 fully saturated rings. The van der Waals surface area contributed by atoms with Crippen LogP contribution in [-0.2, 0) is 19.1 Å². The van der Waals surface area contributed by atoms with Gasteiger partial charge in [0.2, 0.25) is 11.8 Å². The zero-order chi connectivity index (χ0) is 19.8. The molecule has 0 unspecified atom stereocenters. The summed E-state index contributed by atoms with van der Waals surface area (Å²) < 4.78 is 5.33. The number of fused-ring (bicyclic) bond motifs is 2. The number of likely N-dealkylation sites (tertiary alicyclic amines) is 1. The number of aromatic nitrogens is 2. The first-order chi connectivity index (χ1) is 13.5. The number of rotatable bonds is 4. The molecule has 146 valence electrons. The predicted molar refractivity (Wildman–Crippen MR) is 99.0 cm³/mol. The number of nitrogens with zero attached hydrogens (tertiary/aromatic N) is 2. The second kappa shape index (κ2) is 7.18. The Hall–Kier alpha value is -3.03. The van der Waals surface area contributed by atoms with Crippen molar-refractivity contribution in [3.05, 3.63) is 40.4 Å². The Kier molecular flexibility index (Phi) is 4.70. The molecular formula is C20H21N3O5. The van der Waals surface area contributed by atoms with Crippen molar-refractivity contribution in [3.63, 3.8) is 0 Å². The molecule has 1 aliphatic carbocycles. The lowest BCUT2D eigenvalue weighted by atomic mass is 9.81. The minimum absolute atomic E-state index is 0.213. The molecular weight excluding hydrogens is 362 g/mol. The number of ether oxygens (including phenoxy) is 1. The van der Waals surface area contributed by atoms with Crippen LogP contribution in [0.4, 0.5) is 0 Å². The molecule has 1 saturated heterocycles. The van der Waals surface area contributed by atoms with Crippen molar-refractivity contribution in [2.45, 2.75) is 38.7 Å². The number of benzene rings is 1.